The molecular formula is C15H19N5O3. The monoisotopic (exact) mass is 317 g/mol. The quantitative estimate of drug-likeness (QED) is 0.855. The second-order valence-corrected chi connectivity index (χ2v) is 5.79. The summed E-state index contributed by atoms with van der Waals surface area (Å²) in [5.74, 6) is -0.304. The molecule has 0 radical (unpaired) electrons. The summed E-state index contributed by atoms with van der Waals surface area (Å²) in [6.07, 6.45) is 4.39. The van der Waals surface area contributed by atoms with Crippen molar-refractivity contribution in [1.82, 2.24) is 24.2 Å². The first-order chi connectivity index (χ1) is 11.0. The number of amides is 1. The lowest BCUT2D eigenvalue weighted by Gasteiger charge is -2.35. The molecule has 1 aliphatic heterocycles. The highest BCUT2D eigenvalue weighted by Gasteiger charge is 2.31. The number of carbonyl (C=O) groups is 1. The zero-order chi connectivity index (χ0) is 16.6. The van der Waals surface area contributed by atoms with Gasteiger partial charge in [-0.15, -0.1) is 0 Å². The van der Waals surface area contributed by atoms with Crippen LogP contribution >= 0.6 is 0 Å². The van der Waals surface area contributed by atoms with E-state index in [0.29, 0.717) is 6.54 Å². The minimum absolute atomic E-state index is 0.113. The van der Waals surface area contributed by atoms with Crippen LogP contribution in [0.15, 0.2) is 27.9 Å². The van der Waals surface area contributed by atoms with Crippen molar-refractivity contribution < 1.29 is 4.79 Å². The van der Waals surface area contributed by atoms with Gasteiger partial charge in [-0.2, -0.15) is 5.10 Å². The summed E-state index contributed by atoms with van der Waals surface area (Å²) >= 11 is 0. The number of hydrogen-bond acceptors (Lipinski definition) is 4. The van der Waals surface area contributed by atoms with E-state index in [1.165, 1.54) is 24.7 Å². The van der Waals surface area contributed by atoms with Crippen LogP contribution in [0.3, 0.4) is 0 Å². The molecule has 1 atom stereocenters. The van der Waals surface area contributed by atoms with Crippen LogP contribution in [0.1, 0.15) is 41.5 Å². The second kappa shape index (κ2) is 5.86. The molecule has 0 spiro atoms. The summed E-state index contributed by atoms with van der Waals surface area (Å²) in [7, 11) is 2.90. The Balaban J connectivity index is 2.02. The van der Waals surface area contributed by atoms with Gasteiger partial charge in [-0.3, -0.25) is 23.8 Å². The third-order valence-corrected chi connectivity index (χ3v) is 4.39. The van der Waals surface area contributed by atoms with Gasteiger partial charge in [-0.1, -0.05) is 0 Å². The van der Waals surface area contributed by atoms with Crippen LogP contribution in [0.4, 0.5) is 0 Å². The number of likely N-dealkylation sites (tertiary alicyclic amines) is 1. The molecule has 1 amide bonds. The lowest BCUT2D eigenvalue weighted by molar-refractivity contribution is 0.0593. The molecule has 0 saturated carbocycles. The average Bonchev–Trinajstić information content (AvgIpc) is 3.10. The third kappa shape index (κ3) is 2.60. The van der Waals surface area contributed by atoms with Gasteiger partial charge in [-0.05, 0) is 25.3 Å². The van der Waals surface area contributed by atoms with Gasteiger partial charge in [0.2, 0.25) is 0 Å². The maximum absolute atomic E-state index is 12.9. The van der Waals surface area contributed by atoms with Gasteiger partial charge in [-0.25, -0.2) is 4.79 Å². The number of nitrogens with zero attached hydrogens (tertiary/aromatic N) is 4. The Kier molecular flexibility index (Phi) is 3.89. The lowest BCUT2D eigenvalue weighted by Crippen LogP contribution is -2.44. The Morgan fingerprint density at radius 1 is 1.26 bits per heavy atom. The summed E-state index contributed by atoms with van der Waals surface area (Å²) in [6, 6.07) is 2.96. The molecule has 1 N–H and O–H groups in total. The van der Waals surface area contributed by atoms with Gasteiger partial charge < -0.3 is 4.90 Å². The lowest BCUT2D eigenvalue weighted by atomic mass is 9.99. The highest BCUT2D eigenvalue weighted by Crippen LogP contribution is 2.30. The van der Waals surface area contributed by atoms with Gasteiger partial charge in [0.25, 0.3) is 11.5 Å². The largest absolute Gasteiger partial charge is 0.331 e. The van der Waals surface area contributed by atoms with E-state index >= 15 is 0 Å². The van der Waals surface area contributed by atoms with Crippen molar-refractivity contribution in [2.75, 3.05) is 6.54 Å². The van der Waals surface area contributed by atoms with Gasteiger partial charge >= 0.3 is 5.69 Å². The Morgan fingerprint density at radius 3 is 2.74 bits per heavy atom. The summed E-state index contributed by atoms with van der Waals surface area (Å²) in [4.78, 5) is 38.6. The Labute approximate surface area is 132 Å². The maximum Gasteiger partial charge on any atom is 0.331 e. The first kappa shape index (κ1) is 15.3. The minimum Gasteiger partial charge on any atom is -0.329 e. The van der Waals surface area contributed by atoms with Crippen LogP contribution in [0.5, 0.6) is 0 Å². The zero-order valence-corrected chi connectivity index (χ0v) is 13.2. The van der Waals surface area contributed by atoms with Crippen molar-refractivity contribution in [1.29, 1.82) is 0 Å². The Bertz CT molecular complexity index is 834. The molecule has 2 aromatic rings. The van der Waals surface area contributed by atoms with E-state index in [9.17, 15) is 14.4 Å². The molecule has 2 aromatic heterocycles. The predicted octanol–water partition coefficient (Wildman–Crippen LogP) is 0.175. The van der Waals surface area contributed by atoms with E-state index in [0.717, 1.165) is 29.5 Å². The van der Waals surface area contributed by atoms with E-state index in [1.54, 1.807) is 11.1 Å². The summed E-state index contributed by atoms with van der Waals surface area (Å²) in [5.41, 5.74) is -0.00102. The molecule has 8 heteroatoms. The van der Waals surface area contributed by atoms with Crippen molar-refractivity contribution in [3.8, 4) is 0 Å². The van der Waals surface area contributed by atoms with Crippen LogP contribution in [0.25, 0.3) is 0 Å². The van der Waals surface area contributed by atoms with Crippen LogP contribution in [-0.4, -0.2) is 36.7 Å². The number of H-pyrrole nitrogens is 1. The van der Waals surface area contributed by atoms with Crippen molar-refractivity contribution in [2.45, 2.75) is 25.3 Å². The number of carbonyl (C=O) groups excluding carboxylic acids is 1. The molecular weight excluding hydrogens is 298 g/mol. The van der Waals surface area contributed by atoms with Crippen LogP contribution < -0.4 is 11.2 Å². The summed E-state index contributed by atoms with van der Waals surface area (Å²) in [5, 5.41) is 6.86. The van der Waals surface area contributed by atoms with Crippen molar-refractivity contribution >= 4 is 5.91 Å². The summed E-state index contributed by atoms with van der Waals surface area (Å²) < 4.78 is 2.21. The van der Waals surface area contributed by atoms with Crippen molar-refractivity contribution in [2.24, 2.45) is 14.1 Å². The fourth-order valence-electron chi connectivity index (χ4n) is 3.04. The topological polar surface area (TPSA) is 93.0 Å². The Hall–Kier alpha value is -2.64. The molecule has 0 aromatic carbocycles. The van der Waals surface area contributed by atoms with Crippen LogP contribution in [0, 0.1) is 0 Å². The minimum atomic E-state index is -0.504. The van der Waals surface area contributed by atoms with Gasteiger partial charge in [0.1, 0.15) is 5.69 Å². The van der Waals surface area contributed by atoms with Crippen LogP contribution in [-0.2, 0) is 14.1 Å². The van der Waals surface area contributed by atoms with Gasteiger partial charge in [0.05, 0.1) is 11.7 Å². The molecule has 1 fully saturated rings. The average molecular weight is 317 g/mol. The standard InChI is InChI=1S/C15H19N5O3/c1-18-12(9-13(21)19(2)15(18)23)14(22)20-8-4-3-5-11(20)10-6-7-16-17-10/h6-7,9,11H,3-5,8H2,1-2H3,(H,16,17)/t11-/m0/s1. The molecule has 3 rings (SSSR count). The van der Waals surface area contributed by atoms with Gasteiger partial charge in [0.15, 0.2) is 0 Å². The smallest absolute Gasteiger partial charge is 0.329 e. The number of aromatic amines is 1. The fourth-order valence-corrected chi connectivity index (χ4v) is 3.04. The number of aromatic nitrogens is 4. The molecule has 8 nitrogen and oxygen atoms in total. The molecule has 122 valence electrons. The molecule has 1 aliphatic rings. The van der Waals surface area contributed by atoms with Crippen LogP contribution in [0.2, 0.25) is 0 Å². The van der Waals surface area contributed by atoms with E-state index in [2.05, 4.69) is 10.2 Å². The predicted molar refractivity (Wildman–Crippen MR) is 83.1 cm³/mol. The SMILES string of the molecule is Cn1c(C(=O)N2CCCC[C@H]2c2ccn[nH]2)cc(=O)n(C)c1=O. The van der Waals surface area contributed by atoms with Gasteiger partial charge in [0, 0.05) is 32.9 Å². The van der Waals surface area contributed by atoms with Crippen molar-refractivity contribution in [3.63, 3.8) is 0 Å². The third-order valence-electron chi connectivity index (χ3n) is 4.39. The molecule has 0 unspecified atom stereocenters. The second-order valence-electron chi connectivity index (χ2n) is 5.79. The highest BCUT2D eigenvalue weighted by atomic mass is 16.2. The molecule has 1 saturated heterocycles. The maximum atomic E-state index is 12.9. The molecule has 3 heterocycles. The van der Waals surface area contributed by atoms with E-state index in [1.807, 2.05) is 6.07 Å². The number of hydrogen-bond donors (Lipinski definition) is 1. The van der Waals surface area contributed by atoms with E-state index < -0.39 is 11.2 Å². The fraction of sp³-hybridized carbons (Fsp3) is 0.467. The first-order valence-corrected chi connectivity index (χ1v) is 7.58. The molecule has 23 heavy (non-hydrogen) atoms. The van der Waals surface area contributed by atoms with E-state index in [4.69, 9.17) is 0 Å². The first-order valence-electron chi connectivity index (χ1n) is 7.58. The summed E-state index contributed by atoms with van der Waals surface area (Å²) in [6.45, 7) is 0.589. The number of nitrogens with one attached hydrogen (secondary N) is 1. The van der Waals surface area contributed by atoms with Crippen molar-refractivity contribution in [3.05, 3.63) is 50.6 Å². The highest BCUT2D eigenvalue weighted by molar-refractivity contribution is 5.92. The number of piperidine rings is 1. The zero-order valence-electron chi connectivity index (χ0n) is 13.2. The normalized spacial score (nSPS) is 18.2. The Morgan fingerprint density at radius 2 is 2.04 bits per heavy atom. The molecule has 0 bridgehead atoms. The molecule has 0 aliphatic carbocycles. The number of rotatable bonds is 2. The van der Waals surface area contributed by atoms with E-state index in [-0.39, 0.29) is 17.6 Å².